The number of rotatable bonds is 2. The monoisotopic (exact) mass is 251 g/mol. The molecule has 94 valence electrons. The van der Waals surface area contributed by atoms with Crippen LogP contribution in [0.2, 0.25) is 0 Å². The second-order valence-corrected chi connectivity index (χ2v) is 4.32. The van der Waals surface area contributed by atoms with Gasteiger partial charge in [-0.1, -0.05) is 24.3 Å². The first kappa shape index (κ1) is 11.5. The molecule has 0 aliphatic carbocycles. The fraction of sp³-hybridized carbons (Fsp3) is 0.0625. The first-order valence-corrected chi connectivity index (χ1v) is 6.04. The first-order chi connectivity index (χ1) is 9.28. The van der Waals surface area contributed by atoms with Crippen LogP contribution >= 0.6 is 0 Å². The van der Waals surface area contributed by atoms with Crippen molar-refractivity contribution in [3.05, 3.63) is 65.0 Å². The van der Waals surface area contributed by atoms with E-state index in [0.29, 0.717) is 0 Å². The van der Waals surface area contributed by atoms with E-state index in [2.05, 4.69) is 4.98 Å². The Morgan fingerprint density at radius 2 is 1.74 bits per heavy atom. The van der Waals surface area contributed by atoms with Gasteiger partial charge in [0.25, 0.3) is 0 Å². The van der Waals surface area contributed by atoms with Gasteiger partial charge in [-0.25, -0.2) is 0 Å². The van der Waals surface area contributed by atoms with Gasteiger partial charge in [-0.3, -0.25) is 4.79 Å². The Hall–Kier alpha value is -2.55. The van der Waals surface area contributed by atoms with Crippen LogP contribution in [0.4, 0.5) is 0 Å². The lowest BCUT2D eigenvalue weighted by Crippen LogP contribution is -2.05. The standard InChI is InChI=1S/C16H13NO2/c1-19-13-8-6-11(7-9-13)16-14-5-3-2-4-12(14)10-15(18)17-16/h2-10H,1H3,(H,17,18). The minimum absolute atomic E-state index is 0.0930. The van der Waals surface area contributed by atoms with Crippen LogP contribution in [0.1, 0.15) is 0 Å². The van der Waals surface area contributed by atoms with E-state index in [9.17, 15) is 4.79 Å². The van der Waals surface area contributed by atoms with Gasteiger partial charge in [-0.2, -0.15) is 0 Å². The fourth-order valence-electron chi connectivity index (χ4n) is 2.20. The molecular formula is C16H13NO2. The van der Waals surface area contributed by atoms with Crippen LogP contribution in [0.5, 0.6) is 5.75 Å². The van der Waals surface area contributed by atoms with Gasteiger partial charge in [-0.15, -0.1) is 0 Å². The molecule has 0 aliphatic rings. The Bertz CT molecular complexity index is 773. The average molecular weight is 251 g/mol. The lowest BCUT2D eigenvalue weighted by Gasteiger charge is -2.07. The van der Waals surface area contributed by atoms with Gasteiger partial charge in [0.2, 0.25) is 5.56 Å². The highest BCUT2D eigenvalue weighted by atomic mass is 16.5. The van der Waals surface area contributed by atoms with Gasteiger partial charge in [0, 0.05) is 11.5 Å². The molecule has 1 N–H and O–H groups in total. The Kier molecular flexibility index (Phi) is 2.80. The largest absolute Gasteiger partial charge is 0.497 e. The number of benzene rings is 2. The quantitative estimate of drug-likeness (QED) is 0.760. The molecule has 0 bridgehead atoms. The van der Waals surface area contributed by atoms with Crippen LogP contribution in [0.15, 0.2) is 59.4 Å². The molecular weight excluding hydrogens is 238 g/mol. The SMILES string of the molecule is COc1ccc(-c2[nH]c(=O)cc3ccccc23)cc1. The number of hydrogen-bond acceptors (Lipinski definition) is 2. The van der Waals surface area contributed by atoms with Crippen LogP contribution in [0.3, 0.4) is 0 Å². The predicted molar refractivity (Wildman–Crippen MR) is 76.6 cm³/mol. The molecule has 0 amide bonds. The van der Waals surface area contributed by atoms with E-state index in [1.807, 2.05) is 48.5 Å². The number of nitrogens with one attached hydrogen (secondary N) is 1. The normalized spacial score (nSPS) is 10.6. The molecule has 0 atom stereocenters. The first-order valence-electron chi connectivity index (χ1n) is 6.04. The molecule has 1 aromatic heterocycles. The van der Waals surface area contributed by atoms with E-state index in [4.69, 9.17) is 4.74 Å². The molecule has 0 saturated carbocycles. The Morgan fingerprint density at radius 1 is 1.00 bits per heavy atom. The number of aromatic nitrogens is 1. The van der Waals surface area contributed by atoms with Crippen LogP contribution in [-0.4, -0.2) is 12.1 Å². The molecule has 0 unspecified atom stereocenters. The summed E-state index contributed by atoms with van der Waals surface area (Å²) >= 11 is 0. The number of pyridine rings is 1. The summed E-state index contributed by atoms with van der Waals surface area (Å²) < 4.78 is 5.14. The third-order valence-corrected chi connectivity index (χ3v) is 3.14. The van der Waals surface area contributed by atoms with Crippen molar-refractivity contribution < 1.29 is 4.74 Å². The molecule has 2 aromatic carbocycles. The van der Waals surface area contributed by atoms with E-state index in [1.165, 1.54) is 0 Å². The van der Waals surface area contributed by atoms with Crippen LogP contribution < -0.4 is 10.3 Å². The molecule has 3 aromatic rings. The fourth-order valence-corrected chi connectivity index (χ4v) is 2.20. The number of aromatic amines is 1. The number of methoxy groups -OCH3 is 1. The lowest BCUT2D eigenvalue weighted by atomic mass is 10.0. The molecule has 0 radical (unpaired) electrons. The number of fused-ring (bicyclic) bond motifs is 1. The van der Waals surface area contributed by atoms with Crippen LogP contribution in [-0.2, 0) is 0 Å². The minimum atomic E-state index is -0.0930. The summed E-state index contributed by atoms with van der Waals surface area (Å²) in [6.07, 6.45) is 0. The molecule has 19 heavy (non-hydrogen) atoms. The summed E-state index contributed by atoms with van der Waals surface area (Å²) in [6.45, 7) is 0. The Labute approximate surface area is 110 Å². The van der Waals surface area contributed by atoms with E-state index < -0.39 is 0 Å². The van der Waals surface area contributed by atoms with Gasteiger partial charge in [-0.05, 0) is 35.2 Å². The van der Waals surface area contributed by atoms with Crippen LogP contribution in [0, 0.1) is 0 Å². The average Bonchev–Trinajstić information content (AvgIpc) is 2.46. The zero-order valence-electron chi connectivity index (χ0n) is 10.5. The maximum atomic E-state index is 11.7. The Morgan fingerprint density at radius 3 is 2.47 bits per heavy atom. The molecule has 1 heterocycles. The lowest BCUT2D eigenvalue weighted by molar-refractivity contribution is 0.415. The summed E-state index contributed by atoms with van der Waals surface area (Å²) in [4.78, 5) is 14.6. The molecule has 0 fully saturated rings. The molecule has 3 rings (SSSR count). The molecule has 0 saturated heterocycles. The maximum absolute atomic E-state index is 11.7. The van der Waals surface area contributed by atoms with Crippen molar-refractivity contribution in [1.29, 1.82) is 0 Å². The van der Waals surface area contributed by atoms with E-state index in [1.54, 1.807) is 13.2 Å². The summed E-state index contributed by atoms with van der Waals surface area (Å²) in [5.74, 6) is 0.798. The number of hydrogen-bond donors (Lipinski definition) is 1. The van der Waals surface area contributed by atoms with Crippen molar-refractivity contribution >= 4 is 10.8 Å². The van der Waals surface area contributed by atoms with Gasteiger partial charge < -0.3 is 9.72 Å². The third kappa shape index (κ3) is 2.10. The van der Waals surface area contributed by atoms with Gasteiger partial charge in [0.1, 0.15) is 5.75 Å². The van der Waals surface area contributed by atoms with Crippen molar-refractivity contribution in [2.75, 3.05) is 7.11 Å². The number of ether oxygens (including phenoxy) is 1. The Balaban J connectivity index is 2.25. The topological polar surface area (TPSA) is 42.1 Å². The highest BCUT2D eigenvalue weighted by Gasteiger charge is 2.05. The van der Waals surface area contributed by atoms with E-state index in [0.717, 1.165) is 27.8 Å². The zero-order valence-corrected chi connectivity index (χ0v) is 10.5. The van der Waals surface area contributed by atoms with E-state index >= 15 is 0 Å². The van der Waals surface area contributed by atoms with Gasteiger partial charge in [0.15, 0.2) is 0 Å². The highest BCUT2D eigenvalue weighted by Crippen LogP contribution is 2.26. The summed E-state index contributed by atoms with van der Waals surface area (Å²) in [5, 5.41) is 1.98. The van der Waals surface area contributed by atoms with Crippen molar-refractivity contribution in [2.45, 2.75) is 0 Å². The molecule has 0 aliphatic heterocycles. The smallest absolute Gasteiger partial charge is 0.249 e. The minimum Gasteiger partial charge on any atom is -0.497 e. The second-order valence-electron chi connectivity index (χ2n) is 4.32. The molecule has 0 spiro atoms. The number of H-pyrrole nitrogens is 1. The van der Waals surface area contributed by atoms with Gasteiger partial charge in [0.05, 0.1) is 12.8 Å². The highest BCUT2D eigenvalue weighted by molar-refractivity contribution is 5.94. The van der Waals surface area contributed by atoms with E-state index in [-0.39, 0.29) is 5.56 Å². The molecule has 3 heteroatoms. The summed E-state index contributed by atoms with van der Waals surface area (Å²) in [7, 11) is 1.63. The van der Waals surface area contributed by atoms with Crippen LogP contribution in [0.25, 0.3) is 22.0 Å². The van der Waals surface area contributed by atoms with Crippen molar-refractivity contribution in [1.82, 2.24) is 4.98 Å². The predicted octanol–water partition coefficient (Wildman–Crippen LogP) is 3.20. The van der Waals surface area contributed by atoms with Crippen molar-refractivity contribution in [2.24, 2.45) is 0 Å². The zero-order chi connectivity index (χ0) is 13.2. The van der Waals surface area contributed by atoms with Crippen molar-refractivity contribution in [3.8, 4) is 17.0 Å². The summed E-state index contributed by atoms with van der Waals surface area (Å²) in [5.41, 5.74) is 1.71. The van der Waals surface area contributed by atoms with Crippen molar-refractivity contribution in [3.63, 3.8) is 0 Å². The maximum Gasteiger partial charge on any atom is 0.249 e. The molecule has 3 nitrogen and oxygen atoms in total. The second kappa shape index (κ2) is 4.61. The third-order valence-electron chi connectivity index (χ3n) is 3.14. The summed E-state index contributed by atoms with van der Waals surface area (Å²) in [6, 6.07) is 17.1. The van der Waals surface area contributed by atoms with Gasteiger partial charge >= 0.3 is 0 Å².